The molecule has 2 amide bonds. The molecule has 0 aromatic heterocycles. The monoisotopic (exact) mass is 321 g/mol. The zero-order valence-corrected chi connectivity index (χ0v) is 12.7. The number of rotatable bonds is 5. The molecule has 1 saturated heterocycles. The van der Waals surface area contributed by atoms with Gasteiger partial charge in [-0.2, -0.15) is 0 Å². The second-order valence-corrected chi connectivity index (χ2v) is 5.99. The maximum atomic E-state index is 13.2. The van der Waals surface area contributed by atoms with E-state index in [2.05, 4.69) is 5.32 Å². The van der Waals surface area contributed by atoms with Crippen LogP contribution in [0.15, 0.2) is 24.3 Å². The largest absolute Gasteiger partial charge is 0.367 e. The Bertz CT molecular complexity index is 589. The number of hydrogen-bond donors (Lipinski definition) is 2. The van der Waals surface area contributed by atoms with E-state index in [1.807, 2.05) is 4.90 Å². The molecule has 1 saturated carbocycles. The van der Waals surface area contributed by atoms with Crippen molar-refractivity contribution in [3.8, 4) is 0 Å². The number of halogens is 1. The second kappa shape index (κ2) is 6.64. The van der Waals surface area contributed by atoms with Crippen LogP contribution in [0.25, 0.3) is 0 Å². The SMILES string of the molecule is NC(=O)[C@H]1CN([C@H](C(=O)NC2CC2)c2ccc(F)cc2)CCO1. The zero-order chi connectivity index (χ0) is 16.4. The normalized spacial score (nSPS) is 23.3. The number of amides is 2. The second-order valence-electron chi connectivity index (χ2n) is 5.99. The van der Waals surface area contributed by atoms with E-state index in [0.29, 0.717) is 18.7 Å². The Labute approximate surface area is 133 Å². The van der Waals surface area contributed by atoms with Gasteiger partial charge in [-0.1, -0.05) is 12.1 Å². The lowest BCUT2D eigenvalue weighted by Crippen LogP contribution is -2.52. The quantitative estimate of drug-likeness (QED) is 0.818. The number of carbonyl (C=O) groups is 2. The Balaban J connectivity index is 1.82. The van der Waals surface area contributed by atoms with E-state index in [-0.39, 0.29) is 24.3 Å². The predicted octanol–water partition coefficient (Wildman–Crippen LogP) is 0.332. The summed E-state index contributed by atoms with van der Waals surface area (Å²) in [4.78, 5) is 25.9. The molecule has 0 bridgehead atoms. The van der Waals surface area contributed by atoms with E-state index in [1.165, 1.54) is 12.1 Å². The highest BCUT2D eigenvalue weighted by Crippen LogP contribution is 2.26. The van der Waals surface area contributed by atoms with Crippen LogP contribution in [0, 0.1) is 5.82 Å². The number of hydrogen-bond acceptors (Lipinski definition) is 4. The van der Waals surface area contributed by atoms with E-state index >= 15 is 0 Å². The van der Waals surface area contributed by atoms with E-state index < -0.39 is 18.1 Å². The highest BCUT2D eigenvalue weighted by molar-refractivity contribution is 5.84. The maximum absolute atomic E-state index is 13.2. The number of carbonyl (C=O) groups excluding carboxylic acids is 2. The number of benzene rings is 1. The molecule has 2 atom stereocenters. The van der Waals surface area contributed by atoms with Gasteiger partial charge >= 0.3 is 0 Å². The number of nitrogens with two attached hydrogens (primary N) is 1. The molecule has 1 aliphatic heterocycles. The van der Waals surface area contributed by atoms with Crippen molar-refractivity contribution in [3.05, 3.63) is 35.6 Å². The first-order valence-electron chi connectivity index (χ1n) is 7.75. The van der Waals surface area contributed by atoms with Gasteiger partial charge in [0.2, 0.25) is 11.8 Å². The average Bonchev–Trinajstić information content (AvgIpc) is 3.34. The van der Waals surface area contributed by atoms with Gasteiger partial charge in [0.05, 0.1) is 6.61 Å². The van der Waals surface area contributed by atoms with Crippen molar-refractivity contribution in [1.29, 1.82) is 0 Å². The van der Waals surface area contributed by atoms with Crippen LogP contribution in [0.2, 0.25) is 0 Å². The standard InChI is InChI=1S/C16H20FN3O3/c17-11-3-1-10(2-4-11)14(16(22)19-12-5-6-12)20-7-8-23-13(9-20)15(18)21/h1-4,12-14H,5-9H2,(H2,18,21)(H,19,22)/t13-,14+/m1/s1. The first kappa shape index (κ1) is 15.9. The molecule has 1 aromatic rings. The highest BCUT2D eigenvalue weighted by atomic mass is 19.1. The lowest BCUT2D eigenvalue weighted by molar-refractivity contribution is -0.141. The fourth-order valence-electron chi connectivity index (χ4n) is 2.76. The molecule has 3 N–H and O–H groups in total. The summed E-state index contributed by atoms with van der Waals surface area (Å²) in [6.07, 6.45) is 1.23. The third-order valence-electron chi connectivity index (χ3n) is 4.14. The molecule has 23 heavy (non-hydrogen) atoms. The lowest BCUT2D eigenvalue weighted by Gasteiger charge is -2.36. The van der Waals surface area contributed by atoms with Crippen molar-refractivity contribution in [2.75, 3.05) is 19.7 Å². The van der Waals surface area contributed by atoms with E-state index in [1.54, 1.807) is 12.1 Å². The van der Waals surface area contributed by atoms with Crippen molar-refractivity contribution in [3.63, 3.8) is 0 Å². The van der Waals surface area contributed by atoms with Gasteiger partial charge in [-0.05, 0) is 30.5 Å². The minimum Gasteiger partial charge on any atom is -0.367 e. The van der Waals surface area contributed by atoms with Crippen LogP contribution in [-0.2, 0) is 14.3 Å². The van der Waals surface area contributed by atoms with Crippen molar-refractivity contribution in [2.45, 2.75) is 31.0 Å². The number of nitrogens with one attached hydrogen (secondary N) is 1. The molecule has 1 aliphatic carbocycles. The van der Waals surface area contributed by atoms with E-state index in [9.17, 15) is 14.0 Å². The van der Waals surface area contributed by atoms with Gasteiger partial charge in [-0.15, -0.1) is 0 Å². The van der Waals surface area contributed by atoms with Gasteiger partial charge in [0.1, 0.15) is 18.0 Å². The summed E-state index contributed by atoms with van der Waals surface area (Å²) in [6.45, 7) is 1.07. The summed E-state index contributed by atoms with van der Waals surface area (Å²) in [5.41, 5.74) is 6.00. The van der Waals surface area contributed by atoms with Crippen molar-refractivity contribution in [1.82, 2.24) is 10.2 Å². The van der Waals surface area contributed by atoms with Crippen LogP contribution in [0.1, 0.15) is 24.4 Å². The van der Waals surface area contributed by atoms with Gasteiger partial charge in [0.15, 0.2) is 0 Å². The summed E-state index contributed by atoms with van der Waals surface area (Å²) in [5, 5.41) is 2.98. The summed E-state index contributed by atoms with van der Waals surface area (Å²) in [6, 6.07) is 5.50. The van der Waals surface area contributed by atoms with Crippen molar-refractivity contribution in [2.24, 2.45) is 5.73 Å². The number of morpholine rings is 1. The average molecular weight is 321 g/mol. The van der Waals surface area contributed by atoms with Crippen LogP contribution in [0.3, 0.4) is 0 Å². The van der Waals surface area contributed by atoms with Crippen LogP contribution in [0.4, 0.5) is 4.39 Å². The lowest BCUT2D eigenvalue weighted by atomic mass is 10.0. The molecular formula is C16H20FN3O3. The number of ether oxygens (including phenoxy) is 1. The minimum atomic E-state index is -0.736. The Morgan fingerprint density at radius 3 is 2.61 bits per heavy atom. The highest BCUT2D eigenvalue weighted by Gasteiger charge is 2.36. The Kier molecular flexibility index (Phi) is 4.58. The molecule has 2 fully saturated rings. The smallest absolute Gasteiger partial charge is 0.247 e. The molecule has 7 heteroatoms. The Hall–Kier alpha value is -1.99. The van der Waals surface area contributed by atoms with Gasteiger partial charge in [-0.3, -0.25) is 14.5 Å². The zero-order valence-electron chi connectivity index (χ0n) is 12.7. The van der Waals surface area contributed by atoms with Crippen LogP contribution >= 0.6 is 0 Å². The maximum Gasteiger partial charge on any atom is 0.247 e. The predicted molar refractivity (Wildman–Crippen MR) is 80.8 cm³/mol. The molecular weight excluding hydrogens is 301 g/mol. The summed E-state index contributed by atoms with van der Waals surface area (Å²) in [7, 11) is 0. The molecule has 3 rings (SSSR count). The van der Waals surface area contributed by atoms with Crippen molar-refractivity contribution < 1.29 is 18.7 Å². The van der Waals surface area contributed by atoms with Gasteiger partial charge in [0.25, 0.3) is 0 Å². The third kappa shape index (κ3) is 3.86. The first-order valence-corrected chi connectivity index (χ1v) is 7.75. The number of nitrogens with zero attached hydrogens (tertiary/aromatic N) is 1. The van der Waals surface area contributed by atoms with Gasteiger partial charge in [0, 0.05) is 19.1 Å². The molecule has 1 aromatic carbocycles. The van der Waals surface area contributed by atoms with Gasteiger partial charge < -0.3 is 15.8 Å². The summed E-state index contributed by atoms with van der Waals surface area (Å²) >= 11 is 0. The first-order chi connectivity index (χ1) is 11.0. The fourth-order valence-corrected chi connectivity index (χ4v) is 2.76. The third-order valence-corrected chi connectivity index (χ3v) is 4.14. The van der Waals surface area contributed by atoms with Crippen LogP contribution in [0.5, 0.6) is 0 Å². The topological polar surface area (TPSA) is 84.7 Å². The summed E-state index contributed by atoms with van der Waals surface area (Å²) in [5.74, 6) is -1.04. The Morgan fingerprint density at radius 2 is 2.00 bits per heavy atom. The van der Waals surface area contributed by atoms with Crippen LogP contribution in [-0.4, -0.2) is 48.6 Å². The van der Waals surface area contributed by atoms with E-state index in [4.69, 9.17) is 10.5 Å². The molecule has 0 radical (unpaired) electrons. The molecule has 1 heterocycles. The molecule has 0 spiro atoms. The number of primary amides is 1. The summed E-state index contributed by atoms with van der Waals surface area (Å²) < 4.78 is 18.5. The minimum absolute atomic E-state index is 0.135. The molecule has 6 nitrogen and oxygen atoms in total. The molecule has 2 aliphatic rings. The van der Waals surface area contributed by atoms with Gasteiger partial charge in [-0.25, -0.2) is 4.39 Å². The van der Waals surface area contributed by atoms with Crippen LogP contribution < -0.4 is 11.1 Å². The Morgan fingerprint density at radius 1 is 1.30 bits per heavy atom. The molecule has 124 valence electrons. The fraction of sp³-hybridized carbons (Fsp3) is 0.500. The van der Waals surface area contributed by atoms with E-state index in [0.717, 1.165) is 12.8 Å². The molecule has 0 unspecified atom stereocenters. The van der Waals surface area contributed by atoms with Crippen molar-refractivity contribution >= 4 is 11.8 Å².